The molecule has 0 heterocycles. The van der Waals surface area contributed by atoms with Crippen molar-refractivity contribution in [1.29, 1.82) is 0 Å². The molecule has 1 rings (SSSR count). The lowest BCUT2D eigenvalue weighted by Crippen LogP contribution is -1.78. The zero-order chi connectivity index (χ0) is 6.69. The average molecular weight is 186 g/mol. The fraction of sp³-hybridized carbons (Fsp3) is 0.143. The van der Waals surface area contributed by atoms with Gasteiger partial charge in [-0.3, -0.25) is 0 Å². The van der Waals surface area contributed by atoms with Gasteiger partial charge in [0.05, 0.1) is 0 Å². The molecule has 0 aromatic heterocycles. The summed E-state index contributed by atoms with van der Waals surface area (Å²) in [5, 5.41) is 10.3. The van der Waals surface area contributed by atoms with E-state index in [0.29, 0.717) is 0 Å². The molecular weight excluding hydrogens is 180 g/mol. The molecular formula is C7H6BrO. The molecule has 0 spiro atoms. The lowest BCUT2D eigenvalue weighted by molar-refractivity contribution is 0.177. The van der Waals surface area contributed by atoms with Crippen molar-refractivity contribution < 1.29 is 5.11 Å². The first-order chi connectivity index (χ1) is 4.33. The van der Waals surface area contributed by atoms with Gasteiger partial charge in [-0.1, -0.05) is 28.1 Å². The van der Waals surface area contributed by atoms with Crippen LogP contribution in [0.3, 0.4) is 0 Å². The lowest BCUT2D eigenvalue weighted by Gasteiger charge is -1.92. The highest BCUT2D eigenvalue weighted by atomic mass is 79.9. The summed E-state index contributed by atoms with van der Waals surface area (Å²) in [6, 6.07) is 7.40. The minimum atomic E-state index is -0.139. The van der Waals surface area contributed by atoms with Crippen molar-refractivity contribution in [3.05, 3.63) is 34.3 Å². The molecule has 0 N–H and O–H groups in total. The van der Waals surface area contributed by atoms with Gasteiger partial charge in [0, 0.05) is 4.47 Å². The van der Waals surface area contributed by atoms with Crippen LogP contribution in [0.15, 0.2) is 28.7 Å². The molecule has 0 saturated heterocycles. The van der Waals surface area contributed by atoms with Crippen molar-refractivity contribution in [3.63, 3.8) is 0 Å². The lowest BCUT2D eigenvalue weighted by atomic mass is 10.2. The molecule has 1 aromatic carbocycles. The van der Waals surface area contributed by atoms with Gasteiger partial charge in [0.1, 0.15) is 6.61 Å². The van der Waals surface area contributed by atoms with Crippen LogP contribution in [0.4, 0.5) is 0 Å². The number of hydrogen-bond acceptors (Lipinski definition) is 0. The molecule has 0 amide bonds. The Morgan fingerprint density at radius 3 is 2.67 bits per heavy atom. The highest BCUT2D eigenvalue weighted by Gasteiger charge is 1.89. The van der Waals surface area contributed by atoms with Crippen LogP contribution in [0.25, 0.3) is 0 Å². The van der Waals surface area contributed by atoms with Crippen LogP contribution in [-0.4, -0.2) is 0 Å². The Labute approximate surface area is 62.5 Å². The first kappa shape index (κ1) is 6.78. The Morgan fingerprint density at radius 2 is 2.22 bits per heavy atom. The Balaban J connectivity index is 2.94. The molecule has 0 fully saturated rings. The van der Waals surface area contributed by atoms with Gasteiger partial charge in [0.2, 0.25) is 0 Å². The third-order valence-electron chi connectivity index (χ3n) is 1.06. The van der Waals surface area contributed by atoms with Gasteiger partial charge < -0.3 is 0 Å². The fourth-order valence-electron chi connectivity index (χ4n) is 0.627. The summed E-state index contributed by atoms with van der Waals surface area (Å²) < 4.78 is 0.968. The number of rotatable bonds is 1. The maximum atomic E-state index is 10.3. The molecule has 1 nitrogen and oxygen atoms in total. The van der Waals surface area contributed by atoms with Crippen molar-refractivity contribution >= 4 is 15.9 Å². The van der Waals surface area contributed by atoms with E-state index in [-0.39, 0.29) is 6.61 Å². The molecule has 1 aromatic rings. The summed E-state index contributed by atoms with van der Waals surface area (Å²) in [6.45, 7) is -0.139. The van der Waals surface area contributed by atoms with E-state index in [4.69, 9.17) is 0 Å². The van der Waals surface area contributed by atoms with E-state index in [2.05, 4.69) is 15.9 Å². The van der Waals surface area contributed by atoms with Gasteiger partial charge in [-0.15, -0.1) is 0 Å². The zero-order valence-electron chi connectivity index (χ0n) is 4.80. The molecule has 0 aliphatic rings. The predicted octanol–water partition coefficient (Wildman–Crippen LogP) is 2.38. The molecule has 0 saturated carbocycles. The Kier molecular flexibility index (Phi) is 2.25. The molecule has 0 unspecified atom stereocenters. The molecule has 2 heteroatoms. The minimum absolute atomic E-state index is 0.139. The first-order valence-corrected chi connectivity index (χ1v) is 3.45. The standard InChI is InChI=1S/C7H6BrO/c8-7-3-1-2-6(4-7)5-9/h1-4H,5H2. The van der Waals surface area contributed by atoms with Crippen LogP contribution in [0.2, 0.25) is 0 Å². The second kappa shape index (κ2) is 2.99. The Bertz CT molecular complexity index is 198. The quantitative estimate of drug-likeness (QED) is 0.641. The van der Waals surface area contributed by atoms with E-state index in [0.717, 1.165) is 10.0 Å². The van der Waals surface area contributed by atoms with Gasteiger partial charge >= 0.3 is 0 Å². The third-order valence-corrected chi connectivity index (χ3v) is 1.55. The van der Waals surface area contributed by atoms with E-state index in [1.807, 2.05) is 24.3 Å². The SMILES string of the molecule is [O]Cc1cccc(Br)c1. The van der Waals surface area contributed by atoms with Gasteiger partial charge in [-0.2, -0.15) is 0 Å². The summed E-state index contributed by atoms with van der Waals surface area (Å²) in [5.41, 5.74) is 0.823. The number of benzene rings is 1. The predicted molar refractivity (Wildman–Crippen MR) is 38.5 cm³/mol. The molecule has 0 aliphatic carbocycles. The largest absolute Gasteiger partial charge is 0.232 e. The van der Waals surface area contributed by atoms with Crippen molar-refractivity contribution in [1.82, 2.24) is 0 Å². The van der Waals surface area contributed by atoms with Crippen molar-refractivity contribution in [2.75, 3.05) is 0 Å². The highest BCUT2D eigenvalue weighted by molar-refractivity contribution is 9.10. The van der Waals surface area contributed by atoms with E-state index in [1.165, 1.54) is 0 Å². The second-order valence-electron chi connectivity index (χ2n) is 1.77. The topological polar surface area (TPSA) is 19.9 Å². The molecule has 9 heavy (non-hydrogen) atoms. The van der Waals surface area contributed by atoms with Crippen LogP contribution in [0.1, 0.15) is 5.56 Å². The smallest absolute Gasteiger partial charge is 0.107 e. The minimum Gasteiger partial charge on any atom is -0.232 e. The summed E-state index contributed by atoms with van der Waals surface area (Å²) in [7, 11) is 0. The summed E-state index contributed by atoms with van der Waals surface area (Å²) in [5.74, 6) is 0. The van der Waals surface area contributed by atoms with E-state index in [1.54, 1.807) is 0 Å². The highest BCUT2D eigenvalue weighted by Crippen LogP contribution is 2.10. The van der Waals surface area contributed by atoms with E-state index < -0.39 is 0 Å². The van der Waals surface area contributed by atoms with Crippen molar-refractivity contribution in [2.45, 2.75) is 6.61 Å². The number of hydrogen-bond donors (Lipinski definition) is 0. The van der Waals surface area contributed by atoms with Crippen LogP contribution in [-0.2, 0) is 11.7 Å². The van der Waals surface area contributed by atoms with Crippen LogP contribution in [0.5, 0.6) is 0 Å². The second-order valence-corrected chi connectivity index (χ2v) is 2.69. The van der Waals surface area contributed by atoms with Gasteiger partial charge in [-0.05, 0) is 17.7 Å². The average Bonchev–Trinajstić information content (AvgIpc) is 1.88. The summed E-state index contributed by atoms with van der Waals surface area (Å²) >= 11 is 3.26. The Morgan fingerprint density at radius 1 is 1.44 bits per heavy atom. The molecule has 1 radical (unpaired) electrons. The van der Waals surface area contributed by atoms with Crippen molar-refractivity contribution in [2.24, 2.45) is 0 Å². The Hall–Kier alpha value is -0.340. The van der Waals surface area contributed by atoms with Crippen LogP contribution >= 0.6 is 15.9 Å². The third kappa shape index (κ3) is 1.80. The van der Waals surface area contributed by atoms with E-state index in [9.17, 15) is 5.11 Å². The van der Waals surface area contributed by atoms with Gasteiger partial charge in [0.15, 0.2) is 0 Å². The molecule has 0 bridgehead atoms. The molecule has 0 aliphatic heterocycles. The fourth-order valence-corrected chi connectivity index (χ4v) is 1.07. The van der Waals surface area contributed by atoms with E-state index >= 15 is 0 Å². The van der Waals surface area contributed by atoms with Crippen LogP contribution < -0.4 is 0 Å². The summed E-state index contributed by atoms with van der Waals surface area (Å²) in [6.07, 6.45) is 0. The normalized spacial score (nSPS) is 9.56. The monoisotopic (exact) mass is 185 g/mol. The molecule has 47 valence electrons. The van der Waals surface area contributed by atoms with Gasteiger partial charge in [-0.25, -0.2) is 5.11 Å². The zero-order valence-corrected chi connectivity index (χ0v) is 6.39. The maximum Gasteiger partial charge on any atom is 0.107 e. The molecule has 0 atom stereocenters. The van der Waals surface area contributed by atoms with Crippen LogP contribution in [0, 0.1) is 0 Å². The number of halogens is 1. The van der Waals surface area contributed by atoms with Gasteiger partial charge in [0.25, 0.3) is 0 Å². The summed E-state index contributed by atoms with van der Waals surface area (Å²) in [4.78, 5) is 0. The van der Waals surface area contributed by atoms with Crippen molar-refractivity contribution in [3.8, 4) is 0 Å². The maximum absolute atomic E-state index is 10.3. The first-order valence-electron chi connectivity index (χ1n) is 2.65.